The van der Waals surface area contributed by atoms with Gasteiger partial charge in [-0.15, -0.1) is 0 Å². The number of nitrogens with one attached hydrogen (secondary N) is 2. The summed E-state index contributed by atoms with van der Waals surface area (Å²) in [6.45, 7) is 4.45. The van der Waals surface area contributed by atoms with Crippen molar-refractivity contribution in [1.82, 2.24) is 24.8 Å². The molecule has 5 nitrogen and oxygen atoms in total. The van der Waals surface area contributed by atoms with Gasteiger partial charge in [0.2, 0.25) is 0 Å². The minimum Gasteiger partial charge on any atom is -0.359 e. The third-order valence-electron chi connectivity index (χ3n) is 6.16. The molecule has 5 rings (SSSR count). The molecule has 2 N–H and O–H groups in total. The summed E-state index contributed by atoms with van der Waals surface area (Å²) < 4.78 is 43.9. The molecule has 0 aliphatic carbocycles. The average molecular weight is 427 g/mol. The van der Waals surface area contributed by atoms with Gasteiger partial charge in [-0.05, 0) is 69.0 Å². The van der Waals surface area contributed by atoms with Crippen molar-refractivity contribution in [2.75, 3.05) is 13.1 Å². The van der Waals surface area contributed by atoms with Gasteiger partial charge in [-0.25, -0.2) is 9.97 Å². The molecule has 1 fully saturated rings. The number of halogens is 3. The minimum absolute atomic E-state index is 0.0845. The summed E-state index contributed by atoms with van der Waals surface area (Å²) in [5.41, 5.74) is 1.43. The Bertz CT molecular complexity index is 1220. The number of fused-ring (bicyclic) bond motifs is 3. The predicted molar refractivity (Wildman–Crippen MR) is 115 cm³/mol. The Hall–Kier alpha value is -2.87. The van der Waals surface area contributed by atoms with E-state index in [1.807, 2.05) is 35.8 Å². The van der Waals surface area contributed by atoms with Crippen LogP contribution < -0.4 is 5.32 Å². The van der Waals surface area contributed by atoms with Gasteiger partial charge in [0.25, 0.3) is 0 Å². The van der Waals surface area contributed by atoms with Gasteiger partial charge in [-0.1, -0.05) is 12.1 Å². The summed E-state index contributed by atoms with van der Waals surface area (Å²) in [7, 11) is 0. The minimum atomic E-state index is -4.59. The lowest BCUT2D eigenvalue weighted by molar-refractivity contribution is -0.139. The van der Waals surface area contributed by atoms with E-state index in [1.54, 1.807) is 12.3 Å². The molecule has 0 spiro atoms. The quantitative estimate of drug-likeness (QED) is 0.465. The van der Waals surface area contributed by atoms with Crippen molar-refractivity contribution in [3.05, 3.63) is 47.8 Å². The molecule has 4 heterocycles. The molecule has 0 bridgehead atoms. The van der Waals surface area contributed by atoms with Crippen LogP contribution in [0.15, 0.2) is 36.5 Å². The number of aromatic nitrogens is 4. The summed E-state index contributed by atoms with van der Waals surface area (Å²) in [5.74, 6) is 1.07. The molecule has 1 saturated heterocycles. The third-order valence-corrected chi connectivity index (χ3v) is 6.16. The lowest BCUT2D eigenvalue weighted by atomic mass is 9.94. The van der Waals surface area contributed by atoms with Gasteiger partial charge >= 0.3 is 6.18 Å². The van der Waals surface area contributed by atoms with E-state index in [-0.39, 0.29) is 5.52 Å². The molecule has 162 valence electrons. The maximum atomic E-state index is 14.0. The van der Waals surface area contributed by atoms with Crippen LogP contribution in [0.1, 0.15) is 30.5 Å². The van der Waals surface area contributed by atoms with Crippen molar-refractivity contribution < 1.29 is 13.2 Å². The topological polar surface area (TPSA) is 58.5 Å². The zero-order chi connectivity index (χ0) is 21.6. The van der Waals surface area contributed by atoms with E-state index in [1.165, 1.54) is 0 Å². The van der Waals surface area contributed by atoms with Crippen molar-refractivity contribution in [2.45, 2.75) is 38.9 Å². The molecule has 0 radical (unpaired) electrons. The zero-order valence-corrected chi connectivity index (χ0v) is 17.3. The second kappa shape index (κ2) is 7.67. The molecule has 1 aliphatic rings. The Kier molecular flexibility index (Phi) is 4.97. The van der Waals surface area contributed by atoms with Gasteiger partial charge in [0, 0.05) is 18.1 Å². The Labute approximate surface area is 177 Å². The van der Waals surface area contributed by atoms with Gasteiger partial charge in [-0.2, -0.15) is 13.2 Å². The molecule has 0 unspecified atom stereocenters. The molecular formula is C23H24F3N5. The number of H-pyrrole nitrogens is 1. The van der Waals surface area contributed by atoms with Gasteiger partial charge in [0.15, 0.2) is 11.5 Å². The van der Waals surface area contributed by atoms with Crippen LogP contribution >= 0.6 is 0 Å². The Morgan fingerprint density at radius 1 is 1.13 bits per heavy atom. The van der Waals surface area contributed by atoms with E-state index in [2.05, 4.69) is 20.3 Å². The van der Waals surface area contributed by atoms with Crippen LogP contribution in [-0.4, -0.2) is 32.6 Å². The Morgan fingerprint density at radius 2 is 1.94 bits per heavy atom. The SMILES string of the molecule is Cc1ccc2c(c1)nc(C(F)(F)F)c1nc(-c3ccc[nH]3)n(CCC3CCNCC3)c12. The van der Waals surface area contributed by atoms with Crippen molar-refractivity contribution in [3.8, 4) is 11.5 Å². The number of hydrogen-bond acceptors (Lipinski definition) is 3. The Balaban J connectivity index is 1.75. The van der Waals surface area contributed by atoms with Crippen LogP contribution in [0.4, 0.5) is 13.2 Å². The maximum Gasteiger partial charge on any atom is 0.435 e. The molecule has 8 heteroatoms. The number of imidazole rings is 1. The fourth-order valence-electron chi connectivity index (χ4n) is 4.57. The highest BCUT2D eigenvalue weighted by Gasteiger charge is 2.37. The number of pyridine rings is 1. The van der Waals surface area contributed by atoms with Crippen molar-refractivity contribution in [1.29, 1.82) is 0 Å². The zero-order valence-electron chi connectivity index (χ0n) is 17.3. The van der Waals surface area contributed by atoms with Gasteiger partial charge in [0.05, 0.1) is 16.7 Å². The molecule has 0 amide bonds. The van der Waals surface area contributed by atoms with E-state index in [4.69, 9.17) is 0 Å². The first-order valence-electron chi connectivity index (χ1n) is 10.6. The summed E-state index contributed by atoms with van der Waals surface area (Å²) in [4.78, 5) is 11.6. The van der Waals surface area contributed by atoms with E-state index in [0.717, 1.165) is 37.9 Å². The van der Waals surface area contributed by atoms with Crippen molar-refractivity contribution in [2.24, 2.45) is 5.92 Å². The average Bonchev–Trinajstić information content (AvgIpc) is 3.39. The fraction of sp³-hybridized carbons (Fsp3) is 0.391. The summed E-state index contributed by atoms with van der Waals surface area (Å²) in [6.07, 6.45) is 0.241. The lowest BCUT2D eigenvalue weighted by Gasteiger charge is -2.23. The number of piperidine rings is 1. The number of rotatable bonds is 4. The number of alkyl halides is 3. The molecule has 1 aromatic carbocycles. The monoisotopic (exact) mass is 427 g/mol. The third kappa shape index (κ3) is 3.69. The van der Waals surface area contributed by atoms with Crippen LogP contribution in [0.3, 0.4) is 0 Å². The lowest BCUT2D eigenvalue weighted by Crippen LogP contribution is -2.28. The number of nitrogens with zero attached hydrogens (tertiary/aromatic N) is 3. The first-order valence-corrected chi connectivity index (χ1v) is 10.6. The number of hydrogen-bond donors (Lipinski definition) is 2. The fourth-order valence-corrected chi connectivity index (χ4v) is 4.57. The van der Waals surface area contributed by atoms with E-state index >= 15 is 0 Å². The van der Waals surface area contributed by atoms with Gasteiger partial charge in [0.1, 0.15) is 5.52 Å². The highest BCUT2D eigenvalue weighted by atomic mass is 19.4. The highest BCUT2D eigenvalue weighted by Crippen LogP contribution is 2.38. The maximum absolute atomic E-state index is 14.0. The summed E-state index contributed by atoms with van der Waals surface area (Å²) >= 11 is 0. The first-order chi connectivity index (χ1) is 14.9. The second-order valence-corrected chi connectivity index (χ2v) is 8.33. The standard InChI is InChI=1S/C23H24F3N5/c1-14-4-5-16-18(13-14)29-21(23(24,25)26)19-20(16)31(12-8-15-6-10-27-11-7-15)22(30-19)17-3-2-9-28-17/h2-5,9,13,15,27-28H,6-8,10-12H2,1H3. The van der Waals surface area contributed by atoms with E-state index in [0.29, 0.717) is 40.4 Å². The van der Waals surface area contributed by atoms with E-state index < -0.39 is 11.9 Å². The first kappa shape index (κ1) is 20.1. The number of aromatic amines is 1. The van der Waals surface area contributed by atoms with Crippen LogP contribution in [0.25, 0.3) is 33.5 Å². The summed E-state index contributed by atoms with van der Waals surface area (Å²) in [5, 5.41) is 4.07. The molecule has 3 aromatic heterocycles. The van der Waals surface area contributed by atoms with Gasteiger partial charge in [-0.3, -0.25) is 0 Å². The molecule has 0 atom stereocenters. The molecular weight excluding hydrogens is 403 g/mol. The second-order valence-electron chi connectivity index (χ2n) is 8.33. The van der Waals surface area contributed by atoms with Crippen LogP contribution in [0, 0.1) is 12.8 Å². The predicted octanol–water partition coefficient (Wildman–Crippen LogP) is 5.30. The molecule has 31 heavy (non-hydrogen) atoms. The molecule has 4 aromatic rings. The van der Waals surface area contributed by atoms with Crippen LogP contribution in [0.2, 0.25) is 0 Å². The van der Waals surface area contributed by atoms with Crippen LogP contribution in [0.5, 0.6) is 0 Å². The summed E-state index contributed by atoms with van der Waals surface area (Å²) in [6, 6.07) is 9.16. The van der Waals surface area contributed by atoms with Crippen molar-refractivity contribution >= 4 is 21.9 Å². The normalized spacial score (nSPS) is 15.9. The highest BCUT2D eigenvalue weighted by molar-refractivity contribution is 6.05. The smallest absolute Gasteiger partial charge is 0.359 e. The van der Waals surface area contributed by atoms with Gasteiger partial charge < -0.3 is 14.9 Å². The molecule has 1 aliphatic heterocycles. The number of aryl methyl sites for hydroxylation is 2. The largest absolute Gasteiger partial charge is 0.435 e. The van der Waals surface area contributed by atoms with Crippen molar-refractivity contribution in [3.63, 3.8) is 0 Å². The van der Waals surface area contributed by atoms with Crippen LogP contribution in [-0.2, 0) is 12.7 Å². The molecule has 0 saturated carbocycles. The Morgan fingerprint density at radius 3 is 2.65 bits per heavy atom. The van der Waals surface area contributed by atoms with E-state index in [9.17, 15) is 13.2 Å². The number of benzene rings is 1.